The number of ether oxygens (including phenoxy) is 1. The van der Waals surface area contributed by atoms with E-state index < -0.39 is 23.7 Å². The molecule has 0 saturated carbocycles. The molecular formula is C20H21F3N2O4. The van der Waals surface area contributed by atoms with Crippen LogP contribution in [-0.2, 0) is 23.9 Å². The van der Waals surface area contributed by atoms with Crippen LogP contribution >= 0.6 is 0 Å². The second-order valence-electron chi connectivity index (χ2n) is 6.33. The first-order valence-corrected chi connectivity index (χ1v) is 8.70. The van der Waals surface area contributed by atoms with Crippen LogP contribution in [0.3, 0.4) is 0 Å². The molecule has 0 fully saturated rings. The molecule has 2 amide bonds. The zero-order chi connectivity index (χ0) is 21.8. The maximum atomic E-state index is 13.2. The zero-order valence-corrected chi connectivity index (χ0v) is 15.9. The molecule has 2 aromatic rings. The average Bonchev–Trinajstić information content (AvgIpc) is 2.64. The fraction of sp³-hybridized carbons (Fsp3) is 0.300. The Kier molecular flexibility index (Phi) is 6.73. The SMILES string of the molecule is CCN(Cc1cc(C(F)(F)F)ccc1-c1cc(CC(=O)O)ccc1OC)C(N)=O. The maximum absolute atomic E-state index is 13.2. The number of nitrogens with two attached hydrogens (primary N) is 1. The van der Waals surface area contributed by atoms with Crippen LogP contribution < -0.4 is 10.5 Å². The van der Waals surface area contributed by atoms with Crippen molar-refractivity contribution in [3.8, 4) is 16.9 Å². The minimum Gasteiger partial charge on any atom is -0.496 e. The summed E-state index contributed by atoms with van der Waals surface area (Å²) in [6, 6.07) is 7.10. The summed E-state index contributed by atoms with van der Waals surface area (Å²) in [5.41, 5.74) is 5.94. The van der Waals surface area contributed by atoms with E-state index in [9.17, 15) is 22.8 Å². The van der Waals surface area contributed by atoms with Gasteiger partial charge < -0.3 is 20.5 Å². The highest BCUT2D eigenvalue weighted by molar-refractivity contribution is 5.78. The van der Waals surface area contributed by atoms with Crippen molar-refractivity contribution in [1.82, 2.24) is 4.90 Å². The third kappa shape index (κ3) is 5.40. The number of benzene rings is 2. The van der Waals surface area contributed by atoms with E-state index in [2.05, 4.69) is 0 Å². The Hall–Kier alpha value is -3.23. The van der Waals surface area contributed by atoms with Crippen LogP contribution in [0.2, 0.25) is 0 Å². The van der Waals surface area contributed by atoms with E-state index in [4.69, 9.17) is 15.6 Å². The number of primary amides is 1. The van der Waals surface area contributed by atoms with E-state index in [-0.39, 0.29) is 25.1 Å². The molecule has 0 unspecified atom stereocenters. The molecule has 0 aliphatic carbocycles. The molecule has 2 aromatic carbocycles. The highest BCUT2D eigenvalue weighted by Crippen LogP contribution is 2.37. The monoisotopic (exact) mass is 410 g/mol. The molecule has 0 aliphatic heterocycles. The fourth-order valence-electron chi connectivity index (χ4n) is 2.96. The van der Waals surface area contributed by atoms with E-state index in [1.165, 1.54) is 18.1 Å². The summed E-state index contributed by atoms with van der Waals surface area (Å²) >= 11 is 0. The van der Waals surface area contributed by atoms with E-state index in [1.54, 1.807) is 25.1 Å². The molecule has 0 heterocycles. The molecule has 0 bridgehead atoms. The number of nitrogens with zero attached hydrogens (tertiary/aromatic N) is 1. The first-order valence-electron chi connectivity index (χ1n) is 8.70. The normalized spacial score (nSPS) is 11.2. The van der Waals surface area contributed by atoms with E-state index >= 15 is 0 Å². The van der Waals surface area contributed by atoms with Gasteiger partial charge in [0.2, 0.25) is 0 Å². The lowest BCUT2D eigenvalue weighted by molar-refractivity contribution is -0.138. The number of halogens is 3. The standard InChI is InChI=1S/C20H21F3N2O4/c1-3-25(19(24)28)11-13-10-14(20(21,22)23)5-6-15(13)16-8-12(9-18(26)27)4-7-17(16)29-2/h4-8,10H,3,9,11H2,1-2H3,(H2,24,28)(H,26,27). The van der Waals surface area contributed by atoms with Crippen molar-refractivity contribution < 1.29 is 32.6 Å². The maximum Gasteiger partial charge on any atom is 0.416 e. The third-order valence-electron chi connectivity index (χ3n) is 4.40. The molecule has 0 saturated heterocycles. The van der Waals surface area contributed by atoms with Gasteiger partial charge in [-0.3, -0.25) is 4.79 Å². The van der Waals surface area contributed by atoms with Gasteiger partial charge in [0, 0.05) is 18.7 Å². The lowest BCUT2D eigenvalue weighted by atomic mass is 9.94. The Morgan fingerprint density at radius 1 is 1.14 bits per heavy atom. The van der Waals surface area contributed by atoms with Gasteiger partial charge in [-0.25, -0.2) is 4.79 Å². The first kappa shape index (κ1) is 22.1. The van der Waals surface area contributed by atoms with Crippen molar-refractivity contribution in [3.63, 3.8) is 0 Å². The van der Waals surface area contributed by atoms with Gasteiger partial charge in [0.15, 0.2) is 0 Å². The van der Waals surface area contributed by atoms with Crippen molar-refractivity contribution >= 4 is 12.0 Å². The zero-order valence-electron chi connectivity index (χ0n) is 15.9. The molecule has 0 atom stereocenters. The molecule has 0 aliphatic rings. The highest BCUT2D eigenvalue weighted by atomic mass is 19.4. The van der Waals surface area contributed by atoms with E-state index in [0.29, 0.717) is 22.4 Å². The molecule has 0 aromatic heterocycles. The number of carbonyl (C=O) groups is 2. The Morgan fingerprint density at radius 2 is 1.83 bits per heavy atom. The number of urea groups is 1. The van der Waals surface area contributed by atoms with Crippen molar-refractivity contribution in [3.05, 3.63) is 53.1 Å². The number of hydrogen-bond acceptors (Lipinski definition) is 3. The summed E-state index contributed by atoms with van der Waals surface area (Å²) < 4.78 is 45.0. The summed E-state index contributed by atoms with van der Waals surface area (Å²) in [6.07, 6.45) is -4.82. The molecule has 3 N–H and O–H groups in total. The molecule has 2 rings (SSSR count). The number of carboxylic acid groups (broad SMARTS) is 1. The average molecular weight is 410 g/mol. The predicted molar refractivity (Wildman–Crippen MR) is 100 cm³/mol. The van der Waals surface area contributed by atoms with Gasteiger partial charge in [0.25, 0.3) is 0 Å². The van der Waals surface area contributed by atoms with Crippen LogP contribution in [0.4, 0.5) is 18.0 Å². The van der Waals surface area contributed by atoms with Crippen molar-refractivity contribution in [2.45, 2.75) is 26.1 Å². The minimum atomic E-state index is -4.56. The third-order valence-corrected chi connectivity index (χ3v) is 4.40. The number of carbonyl (C=O) groups excluding carboxylic acids is 1. The summed E-state index contributed by atoms with van der Waals surface area (Å²) in [5.74, 6) is -0.679. The van der Waals surface area contributed by atoms with Gasteiger partial charge >= 0.3 is 18.2 Å². The van der Waals surface area contributed by atoms with Gasteiger partial charge in [-0.05, 0) is 47.9 Å². The largest absolute Gasteiger partial charge is 0.496 e. The number of methoxy groups -OCH3 is 1. The number of amides is 2. The van der Waals surface area contributed by atoms with E-state index in [0.717, 1.165) is 12.1 Å². The molecule has 6 nitrogen and oxygen atoms in total. The number of hydrogen-bond donors (Lipinski definition) is 2. The second-order valence-corrected chi connectivity index (χ2v) is 6.33. The minimum absolute atomic E-state index is 0.141. The number of rotatable bonds is 7. The number of alkyl halides is 3. The number of carboxylic acids is 1. The summed E-state index contributed by atoms with van der Waals surface area (Å²) in [7, 11) is 1.40. The Morgan fingerprint density at radius 3 is 2.34 bits per heavy atom. The van der Waals surface area contributed by atoms with Crippen molar-refractivity contribution in [2.24, 2.45) is 5.73 Å². The summed E-state index contributed by atoms with van der Waals surface area (Å²) in [4.78, 5) is 23.8. The van der Waals surface area contributed by atoms with Crippen LogP contribution in [0.15, 0.2) is 36.4 Å². The lowest BCUT2D eigenvalue weighted by Gasteiger charge is -2.22. The lowest BCUT2D eigenvalue weighted by Crippen LogP contribution is -2.35. The van der Waals surface area contributed by atoms with Gasteiger partial charge in [-0.1, -0.05) is 12.1 Å². The molecule has 0 radical (unpaired) electrons. The second kappa shape index (κ2) is 8.85. The Labute approximate surface area is 165 Å². The molecular weight excluding hydrogens is 389 g/mol. The van der Waals surface area contributed by atoms with Gasteiger partial charge in [0.05, 0.1) is 19.1 Å². The molecule has 29 heavy (non-hydrogen) atoms. The predicted octanol–water partition coefficient (Wildman–Crippen LogP) is 3.91. The van der Waals surface area contributed by atoms with Crippen LogP contribution in [0.1, 0.15) is 23.6 Å². The van der Waals surface area contributed by atoms with E-state index in [1.807, 2.05) is 0 Å². The van der Waals surface area contributed by atoms with Gasteiger partial charge in [0.1, 0.15) is 5.75 Å². The van der Waals surface area contributed by atoms with Crippen molar-refractivity contribution in [1.29, 1.82) is 0 Å². The topological polar surface area (TPSA) is 92.9 Å². The Balaban J connectivity index is 2.67. The first-order chi connectivity index (χ1) is 13.6. The van der Waals surface area contributed by atoms with Gasteiger partial charge in [-0.15, -0.1) is 0 Å². The molecule has 9 heteroatoms. The Bertz CT molecular complexity index is 913. The summed E-state index contributed by atoms with van der Waals surface area (Å²) in [6.45, 7) is 1.73. The smallest absolute Gasteiger partial charge is 0.416 e. The fourth-order valence-corrected chi connectivity index (χ4v) is 2.96. The molecule has 0 spiro atoms. The highest BCUT2D eigenvalue weighted by Gasteiger charge is 2.31. The quantitative estimate of drug-likeness (QED) is 0.724. The van der Waals surface area contributed by atoms with Crippen molar-refractivity contribution in [2.75, 3.05) is 13.7 Å². The molecule has 156 valence electrons. The van der Waals surface area contributed by atoms with Crippen LogP contribution in [0.5, 0.6) is 5.75 Å². The van der Waals surface area contributed by atoms with Gasteiger partial charge in [-0.2, -0.15) is 13.2 Å². The van der Waals surface area contributed by atoms with Crippen LogP contribution in [-0.4, -0.2) is 35.7 Å². The number of aliphatic carboxylic acids is 1. The van der Waals surface area contributed by atoms with Crippen LogP contribution in [0.25, 0.3) is 11.1 Å². The summed E-state index contributed by atoms with van der Waals surface area (Å²) in [5, 5.41) is 9.03. The van der Waals surface area contributed by atoms with Crippen LogP contribution in [0, 0.1) is 0 Å².